The molecule has 0 aromatic rings. The fraction of sp³-hybridized carbons (Fsp3) is 0.750. The van der Waals surface area contributed by atoms with Crippen LogP contribution in [0, 0.1) is 5.92 Å². The average molecular weight is 196 g/mol. The zero-order chi connectivity index (χ0) is 10.6. The molecule has 1 atom stereocenters. The zero-order valence-corrected chi connectivity index (χ0v) is 9.21. The molecule has 0 aromatic carbocycles. The molecule has 0 bridgehead atoms. The number of hydrogen-bond acceptors (Lipinski definition) is 2. The van der Waals surface area contributed by atoms with Gasteiger partial charge in [-0.3, -0.25) is 4.79 Å². The fourth-order valence-corrected chi connectivity index (χ4v) is 1.54. The van der Waals surface area contributed by atoms with Crippen molar-refractivity contribution in [1.29, 1.82) is 0 Å². The van der Waals surface area contributed by atoms with Crippen LogP contribution in [0.3, 0.4) is 0 Å². The maximum atomic E-state index is 11.8. The maximum Gasteiger partial charge on any atom is 0.165 e. The minimum absolute atomic E-state index is 0.150. The topological polar surface area (TPSA) is 26.3 Å². The molecule has 0 amide bonds. The summed E-state index contributed by atoms with van der Waals surface area (Å²) in [6, 6.07) is 0. The number of carbonyl (C=O) groups excluding carboxylic acids is 1. The van der Waals surface area contributed by atoms with E-state index in [1.54, 1.807) is 0 Å². The smallest absolute Gasteiger partial charge is 0.165 e. The average Bonchev–Trinajstić information content (AvgIpc) is 2.97. The van der Waals surface area contributed by atoms with Crippen molar-refractivity contribution < 1.29 is 9.53 Å². The molecule has 1 rings (SSSR count). The lowest BCUT2D eigenvalue weighted by Gasteiger charge is -2.15. The Morgan fingerprint density at radius 2 is 2.14 bits per heavy atom. The lowest BCUT2D eigenvalue weighted by atomic mass is 10.0. The van der Waals surface area contributed by atoms with E-state index in [4.69, 9.17) is 4.74 Å². The van der Waals surface area contributed by atoms with Crippen LogP contribution in [-0.4, -0.2) is 18.5 Å². The Bertz CT molecular complexity index is 216. The molecule has 80 valence electrons. The second-order valence-corrected chi connectivity index (χ2v) is 3.96. The standard InChI is InChI=1S/C12H20O2/c1-4-9(3)8-11(13)12(14-5-2)10-6-7-10/h10,12H,3-8H2,1-2H3. The molecule has 0 aliphatic heterocycles. The van der Waals surface area contributed by atoms with Crippen LogP contribution in [0.25, 0.3) is 0 Å². The second kappa shape index (κ2) is 5.30. The molecule has 1 aliphatic carbocycles. The summed E-state index contributed by atoms with van der Waals surface area (Å²) in [5.41, 5.74) is 1.01. The van der Waals surface area contributed by atoms with Gasteiger partial charge in [0.05, 0.1) is 0 Å². The third-order valence-corrected chi connectivity index (χ3v) is 2.64. The van der Waals surface area contributed by atoms with Crippen molar-refractivity contribution in [2.75, 3.05) is 6.61 Å². The third kappa shape index (κ3) is 3.26. The molecule has 0 saturated heterocycles. The van der Waals surface area contributed by atoms with Crippen LogP contribution in [-0.2, 0) is 9.53 Å². The van der Waals surface area contributed by atoms with Gasteiger partial charge in [0.15, 0.2) is 5.78 Å². The summed E-state index contributed by atoms with van der Waals surface area (Å²) in [7, 11) is 0. The van der Waals surface area contributed by atoms with E-state index in [1.165, 1.54) is 0 Å². The molecule has 1 saturated carbocycles. The van der Waals surface area contributed by atoms with Gasteiger partial charge < -0.3 is 4.74 Å². The summed E-state index contributed by atoms with van der Waals surface area (Å²) in [6.45, 7) is 8.46. The zero-order valence-electron chi connectivity index (χ0n) is 9.21. The summed E-state index contributed by atoms with van der Waals surface area (Å²) >= 11 is 0. The Morgan fingerprint density at radius 1 is 1.50 bits per heavy atom. The van der Waals surface area contributed by atoms with Crippen LogP contribution in [0.2, 0.25) is 0 Å². The molecule has 1 fully saturated rings. The summed E-state index contributed by atoms with van der Waals surface area (Å²) < 4.78 is 5.48. The van der Waals surface area contributed by atoms with E-state index in [2.05, 4.69) is 6.58 Å². The predicted octanol–water partition coefficient (Wildman–Crippen LogP) is 2.73. The van der Waals surface area contributed by atoms with Gasteiger partial charge in [-0.25, -0.2) is 0 Å². The van der Waals surface area contributed by atoms with Gasteiger partial charge in [-0.05, 0) is 32.1 Å². The maximum absolute atomic E-state index is 11.8. The highest BCUT2D eigenvalue weighted by atomic mass is 16.5. The highest BCUT2D eigenvalue weighted by Gasteiger charge is 2.36. The SMILES string of the molecule is C=C(CC)CC(=O)C(OCC)C1CC1. The van der Waals surface area contributed by atoms with Gasteiger partial charge in [-0.15, -0.1) is 0 Å². The molecule has 1 aliphatic rings. The molecule has 0 heterocycles. The molecule has 14 heavy (non-hydrogen) atoms. The van der Waals surface area contributed by atoms with E-state index < -0.39 is 0 Å². The van der Waals surface area contributed by atoms with E-state index in [0.29, 0.717) is 18.9 Å². The van der Waals surface area contributed by atoms with Gasteiger partial charge in [0, 0.05) is 13.0 Å². The number of ketones is 1. The monoisotopic (exact) mass is 196 g/mol. The van der Waals surface area contributed by atoms with Crippen LogP contribution >= 0.6 is 0 Å². The third-order valence-electron chi connectivity index (χ3n) is 2.64. The molecule has 2 nitrogen and oxygen atoms in total. The van der Waals surface area contributed by atoms with Gasteiger partial charge in [-0.2, -0.15) is 0 Å². The van der Waals surface area contributed by atoms with Gasteiger partial charge in [0.2, 0.25) is 0 Å². The van der Waals surface area contributed by atoms with Crippen molar-refractivity contribution in [3.63, 3.8) is 0 Å². The van der Waals surface area contributed by atoms with Crippen molar-refractivity contribution in [3.8, 4) is 0 Å². The lowest BCUT2D eigenvalue weighted by Crippen LogP contribution is -2.26. The molecular formula is C12H20O2. The van der Waals surface area contributed by atoms with E-state index in [9.17, 15) is 4.79 Å². The number of allylic oxidation sites excluding steroid dienone is 1. The Labute approximate surface area is 86.3 Å². The van der Waals surface area contributed by atoms with Crippen LogP contribution < -0.4 is 0 Å². The molecular weight excluding hydrogens is 176 g/mol. The van der Waals surface area contributed by atoms with Crippen molar-refractivity contribution in [3.05, 3.63) is 12.2 Å². The van der Waals surface area contributed by atoms with Crippen molar-refractivity contribution in [2.45, 2.75) is 45.6 Å². The van der Waals surface area contributed by atoms with Gasteiger partial charge >= 0.3 is 0 Å². The van der Waals surface area contributed by atoms with E-state index in [-0.39, 0.29) is 11.9 Å². The van der Waals surface area contributed by atoms with E-state index in [0.717, 1.165) is 24.8 Å². The first-order chi connectivity index (χ1) is 6.69. The number of Topliss-reactive ketones (excluding diaryl/α,β-unsaturated/α-hetero) is 1. The van der Waals surface area contributed by atoms with Crippen molar-refractivity contribution >= 4 is 5.78 Å². The molecule has 2 heteroatoms. The Morgan fingerprint density at radius 3 is 2.57 bits per heavy atom. The second-order valence-electron chi connectivity index (χ2n) is 3.96. The fourth-order valence-electron chi connectivity index (χ4n) is 1.54. The molecule has 0 spiro atoms. The molecule has 0 aromatic heterocycles. The first kappa shape index (κ1) is 11.4. The van der Waals surface area contributed by atoms with Crippen molar-refractivity contribution in [1.82, 2.24) is 0 Å². The lowest BCUT2D eigenvalue weighted by molar-refractivity contribution is -0.130. The number of carbonyl (C=O) groups is 1. The van der Waals surface area contributed by atoms with Crippen LogP contribution in [0.5, 0.6) is 0 Å². The number of ether oxygens (including phenoxy) is 1. The van der Waals surface area contributed by atoms with E-state index >= 15 is 0 Å². The minimum Gasteiger partial charge on any atom is -0.370 e. The first-order valence-electron chi connectivity index (χ1n) is 5.50. The van der Waals surface area contributed by atoms with E-state index in [1.807, 2.05) is 13.8 Å². The Kier molecular flexibility index (Phi) is 4.33. The molecule has 0 N–H and O–H groups in total. The predicted molar refractivity (Wildman–Crippen MR) is 57.2 cm³/mol. The molecule has 1 unspecified atom stereocenters. The number of rotatable bonds is 7. The van der Waals surface area contributed by atoms with Gasteiger partial charge in [0.1, 0.15) is 6.10 Å². The van der Waals surface area contributed by atoms with Crippen LogP contribution in [0.4, 0.5) is 0 Å². The first-order valence-corrected chi connectivity index (χ1v) is 5.50. The van der Waals surface area contributed by atoms with Gasteiger partial charge in [0.25, 0.3) is 0 Å². The van der Waals surface area contributed by atoms with Crippen molar-refractivity contribution in [2.24, 2.45) is 5.92 Å². The molecule has 0 radical (unpaired) electrons. The van der Waals surface area contributed by atoms with Crippen LogP contribution in [0.15, 0.2) is 12.2 Å². The Hall–Kier alpha value is -0.630. The summed E-state index contributed by atoms with van der Waals surface area (Å²) in [5.74, 6) is 0.716. The highest BCUT2D eigenvalue weighted by molar-refractivity contribution is 5.85. The minimum atomic E-state index is -0.150. The summed E-state index contributed by atoms with van der Waals surface area (Å²) in [4.78, 5) is 11.8. The number of hydrogen-bond donors (Lipinski definition) is 0. The summed E-state index contributed by atoms with van der Waals surface area (Å²) in [6.07, 6.45) is 3.53. The largest absolute Gasteiger partial charge is 0.370 e. The normalized spacial score (nSPS) is 17.9. The highest BCUT2D eigenvalue weighted by Crippen LogP contribution is 2.35. The quantitative estimate of drug-likeness (QED) is 0.585. The summed E-state index contributed by atoms with van der Waals surface area (Å²) in [5, 5.41) is 0. The van der Waals surface area contributed by atoms with Gasteiger partial charge in [-0.1, -0.05) is 19.1 Å². The van der Waals surface area contributed by atoms with Crippen LogP contribution in [0.1, 0.15) is 39.5 Å². The Balaban J connectivity index is 2.41.